The molecule has 0 radical (unpaired) electrons. The summed E-state index contributed by atoms with van der Waals surface area (Å²) in [4.78, 5) is 0. The second kappa shape index (κ2) is 5.84. The molecule has 0 bridgehead atoms. The van der Waals surface area contributed by atoms with E-state index in [9.17, 15) is 0 Å². The van der Waals surface area contributed by atoms with E-state index in [1.165, 1.54) is 0 Å². The van der Waals surface area contributed by atoms with Crippen LogP contribution in [0.25, 0.3) is 11.4 Å². The lowest BCUT2D eigenvalue weighted by molar-refractivity contribution is 0.548. The first-order valence-electron chi connectivity index (χ1n) is 6.45. The first kappa shape index (κ1) is 14.0. The van der Waals surface area contributed by atoms with E-state index in [1.807, 2.05) is 49.4 Å². The lowest BCUT2D eigenvalue weighted by Crippen LogP contribution is -2.10. The smallest absolute Gasteiger partial charge is 0.184 e. The van der Waals surface area contributed by atoms with Crippen molar-refractivity contribution in [3.63, 3.8) is 0 Å². The van der Waals surface area contributed by atoms with Gasteiger partial charge in [-0.3, -0.25) is 0 Å². The maximum atomic E-state index is 6.27. The molecule has 1 heterocycles. The van der Waals surface area contributed by atoms with Gasteiger partial charge in [0.2, 0.25) is 0 Å². The highest BCUT2D eigenvalue weighted by molar-refractivity contribution is 6.43. The maximum Gasteiger partial charge on any atom is 0.184 e. The molecular formula is C15H12Cl2N4. The number of aromatic nitrogens is 4. The minimum Gasteiger partial charge on any atom is -0.218 e. The number of benzene rings is 2. The number of tetrazole rings is 1. The van der Waals surface area contributed by atoms with Crippen LogP contribution in [-0.4, -0.2) is 20.2 Å². The molecule has 0 N–H and O–H groups in total. The molecule has 0 saturated carbocycles. The van der Waals surface area contributed by atoms with Crippen LogP contribution in [0.5, 0.6) is 0 Å². The van der Waals surface area contributed by atoms with Crippen molar-refractivity contribution in [3.8, 4) is 11.4 Å². The molecule has 6 heteroatoms. The Labute approximate surface area is 132 Å². The van der Waals surface area contributed by atoms with Crippen LogP contribution in [0, 0.1) is 0 Å². The molecule has 3 aromatic rings. The van der Waals surface area contributed by atoms with E-state index in [4.69, 9.17) is 23.2 Å². The molecule has 1 unspecified atom stereocenters. The zero-order valence-corrected chi connectivity index (χ0v) is 12.8. The summed E-state index contributed by atoms with van der Waals surface area (Å²) in [6.45, 7) is 2.04. The van der Waals surface area contributed by atoms with Gasteiger partial charge < -0.3 is 0 Å². The molecule has 1 atom stereocenters. The van der Waals surface area contributed by atoms with Gasteiger partial charge in [-0.25, -0.2) is 4.68 Å². The maximum absolute atomic E-state index is 6.27. The Morgan fingerprint density at radius 1 is 1.00 bits per heavy atom. The Kier molecular flexibility index (Phi) is 3.90. The van der Waals surface area contributed by atoms with Gasteiger partial charge in [-0.05, 0) is 35.0 Å². The average molecular weight is 319 g/mol. The third-order valence-electron chi connectivity index (χ3n) is 3.33. The molecule has 1 aromatic heterocycles. The standard InChI is InChI=1S/C15H12Cl2N4/c1-10(11-6-3-2-4-7-11)21-15(18-19-20-21)12-8-5-9-13(16)14(12)17/h2-10H,1H3. The lowest BCUT2D eigenvalue weighted by Gasteiger charge is -2.14. The number of nitrogens with zero attached hydrogens (tertiary/aromatic N) is 4. The van der Waals surface area contributed by atoms with Crippen molar-refractivity contribution < 1.29 is 0 Å². The topological polar surface area (TPSA) is 43.6 Å². The molecule has 106 valence electrons. The van der Waals surface area contributed by atoms with E-state index in [0.717, 1.165) is 11.1 Å². The van der Waals surface area contributed by atoms with E-state index >= 15 is 0 Å². The lowest BCUT2D eigenvalue weighted by atomic mass is 10.1. The van der Waals surface area contributed by atoms with Gasteiger partial charge in [-0.1, -0.05) is 59.6 Å². The molecule has 21 heavy (non-hydrogen) atoms. The van der Waals surface area contributed by atoms with Crippen molar-refractivity contribution in [2.24, 2.45) is 0 Å². The van der Waals surface area contributed by atoms with Gasteiger partial charge in [0.25, 0.3) is 0 Å². The number of hydrogen-bond donors (Lipinski definition) is 0. The van der Waals surface area contributed by atoms with Gasteiger partial charge in [0, 0.05) is 5.56 Å². The highest BCUT2D eigenvalue weighted by atomic mass is 35.5. The molecular weight excluding hydrogens is 307 g/mol. The number of hydrogen-bond acceptors (Lipinski definition) is 3. The molecule has 0 aliphatic carbocycles. The van der Waals surface area contributed by atoms with Crippen molar-refractivity contribution >= 4 is 23.2 Å². The molecule has 0 amide bonds. The fourth-order valence-corrected chi connectivity index (χ4v) is 2.57. The number of rotatable bonds is 3. The predicted octanol–water partition coefficient (Wildman–Crippen LogP) is 4.26. The van der Waals surface area contributed by atoms with Crippen LogP contribution in [0.15, 0.2) is 48.5 Å². The summed E-state index contributed by atoms with van der Waals surface area (Å²) >= 11 is 12.3. The predicted molar refractivity (Wildman–Crippen MR) is 83.5 cm³/mol. The van der Waals surface area contributed by atoms with Crippen LogP contribution in [0.2, 0.25) is 10.0 Å². The molecule has 0 fully saturated rings. The van der Waals surface area contributed by atoms with Gasteiger partial charge in [0.05, 0.1) is 16.1 Å². The van der Waals surface area contributed by atoms with Crippen LogP contribution in [0.4, 0.5) is 0 Å². The van der Waals surface area contributed by atoms with Gasteiger partial charge in [0.1, 0.15) is 0 Å². The molecule has 2 aromatic carbocycles. The van der Waals surface area contributed by atoms with Crippen LogP contribution in [0.1, 0.15) is 18.5 Å². The molecule has 0 aliphatic rings. The van der Waals surface area contributed by atoms with Crippen LogP contribution >= 0.6 is 23.2 Å². The first-order chi connectivity index (χ1) is 10.2. The van der Waals surface area contributed by atoms with Crippen molar-refractivity contribution in [1.82, 2.24) is 20.2 Å². The molecule has 0 aliphatic heterocycles. The van der Waals surface area contributed by atoms with E-state index in [1.54, 1.807) is 10.7 Å². The van der Waals surface area contributed by atoms with Crippen LogP contribution in [-0.2, 0) is 0 Å². The van der Waals surface area contributed by atoms with Crippen LogP contribution in [0.3, 0.4) is 0 Å². The van der Waals surface area contributed by atoms with Crippen molar-refractivity contribution in [2.75, 3.05) is 0 Å². The van der Waals surface area contributed by atoms with Gasteiger partial charge in [-0.2, -0.15) is 0 Å². The minimum atomic E-state index is -0.00810. The third-order valence-corrected chi connectivity index (χ3v) is 4.15. The Hall–Kier alpha value is -1.91. The largest absolute Gasteiger partial charge is 0.218 e. The van der Waals surface area contributed by atoms with E-state index in [2.05, 4.69) is 15.5 Å². The van der Waals surface area contributed by atoms with Crippen molar-refractivity contribution in [2.45, 2.75) is 13.0 Å². The van der Waals surface area contributed by atoms with Crippen molar-refractivity contribution in [3.05, 3.63) is 64.1 Å². The second-order valence-electron chi connectivity index (χ2n) is 4.64. The minimum absolute atomic E-state index is 0.00810. The van der Waals surface area contributed by atoms with E-state index < -0.39 is 0 Å². The summed E-state index contributed by atoms with van der Waals surface area (Å²) in [5.74, 6) is 0.596. The Balaban J connectivity index is 2.08. The summed E-state index contributed by atoms with van der Waals surface area (Å²) in [5, 5.41) is 12.9. The SMILES string of the molecule is CC(c1ccccc1)n1nnnc1-c1cccc(Cl)c1Cl. The highest BCUT2D eigenvalue weighted by Crippen LogP contribution is 2.33. The summed E-state index contributed by atoms with van der Waals surface area (Å²) in [5.41, 5.74) is 1.83. The summed E-state index contributed by atoms with van der Waals surface area (Å²) in [7, 11) is 0. The average Bonchev–Trinajstić information content (AvgIpc) is 2.99. The summed E-state index contributed by atoms with van der Waals surface area (Å²) < 4.78 is 1.74. The second-order valence-corrected chi connectivity index (χ2v) is 5.42. The normalized spacial score (nSPS) is 12.3. The molecule has 0 saturated heterocycles. The number of halogens is 2. The molecule has 3 rings (SSSR count). The summed E-state index contributed by atoms with van der Waals surface area (Å²) in [6, 6.07) is 15.4. The zero-order valence-electron chi connectivity index (χ0n) is 11.2. The Morgan fingerprint density at radius 3 is 2.52 bits per heavy atom. The summed E-state index contributed by atoms with van der Waals surface area (Å²) in [6.07, 6.45) is 0. The third kappa shape index (κ3) is 2.64. The van der Waals surface area contributed by atoms with Gasteiger partial charge >= 0.3 is 0 Å². The molecule has 4 nitrogen and oxygen atoms in total. The Bertz CT molecular complexity index is 755. The fraction of sp³-hybridized carbons (Fsp3) is 0.133. The van der Waals surface area contributed by atoms with E-state index in [-0.39, 0.29) is 6.04 Å². The van der Waals surface area contributed by atoms with Gasteiger partial charge in [-0.15, -0.1) is 5.10 Å². The van der Waals surface area contributed by atoms with E-state index in [0.29, 0.717) is 15.9 Å². The Morgan fingerprint density at radius 2 is 1.76 bits per heavy atom. The van der Waals surface area contributed by atoms with Gasteiger partial charge in [0.15, 0.2) is 5.82 Å². The molecule has 0 spiro atoms. The highest BCUT2D eigenvalue weighted by Gasteiger charge is 2.18. The van der Waals surface area contributed by atoms with Crippen molar-refractivity contribution in [1.29, 1.82) is 0 Å². The fourth-order valence-electron chi connectivity index (χ4n) is 2.18. The quantitative estimate of drug-likeness (QED) is 0.724. The monoisotopic (exact) mass is 318 g/mol. The zero-order chi connectivity index (χ0) is 14.8. The van der Waals surface area contributed by atoms with Crippen LogP contribution < -0.4 is 0 Å². The first-order valence-corrected chi connectivity index (χ1v) is 7.21.